The summed E-state index contributed by atoms with van der Waals surface area (Å²) >= 11 is 0. The van der Waals surface area contributed by atoms with Crippen LogP contribution in [0.3, 0.4) is 0 Å². The highest BCUT2D eigenvalue weighted by molar-refractivity contribution is 6.08. The molecule has 3 heteroatoms. The Morgan fingerprint density at radius 3 is 1.57 bits per heavy atom. The highest BCUT2D eigenvalue weighted by Gasteiger charge is 2.22. The first-order valence-corrected chi connectivity index (χ1v) is 20.6. The summed E-state index contributed by atoms with van der Waals surface area (Å²) in [5.41, 5.74) is 15.8. The minimum atomic E-state index is -0.248. The maximum atomic E-state index is 14.1. The van der Waals surface area contributed by atoms with Crippen molar-refractivity contribution < 1.29 is 8.81 Å². The van der Waals surface area contributed by atoms with Crippen molar-refractivity contribution in [2.24, 2.45) is 0 Å². The second kappa shape index (κ2) is 15.3. The standard InChI is InChI=1S/C58H38FNO/c59-46-34-31-42(32-35-46)50-22-11-15-43-16-12-23-51(58(43)50)44-17-10-18-47(37-44)60(54-24-7-4-19-48(54)41-29-27-40(28-30-41)39-13-2-1-3-14-39)55-25-8-5-20-49(55)45-33-36-53-52-21-6-9-26-56(52)61-57(53)38-45/h1-38H. The Morgan fingerprint density at radius 2 is 0.820 bits per heavy atom. The topological polar surface area (TPSA) is 16.4 Å². The summed E-state index contributed by atoms with van der Waals surface area (Å²) in [7, 11) is 0. The normalized spacial score (nSPS) is 11.4. The van der Waals surface area contributed by atoms with Crippen molar-refractivity contribution in [1.29, 1.82) is 0 Å². The SMILES string of the molecule is Fc1ccc(-c2cccc3cccc(-c4cccc(N(c5ccccc5-c5ccc(-c6ccccc6)cc5)c5ccccc5-c5ccc6c(c5)oc5ccccc56)c4)c23)cc1. The predicted octanol–water partition coefficient (Wildman–Crippen LogP) is 16.7. The summed E-state index contributed by atoms with van der Waals surface area (Å²) in [6.07, 6.45) is 0. The largest absolute Gasteiger partial charge is 0.456 e. The number of rotatable bonds is 8. The summed E-state index contributed by atoms with van der Waals surface area (Å²) in [5.74, 6) is -0.248. The van der Waals surface area contributed by atoms with E-state index in [0.29, 0.717) is 0 Å². The van der Waals surface area contributed by atoms with Gasteiger partial charge in [0.05, 0.1) is 11.4 Å². The molecule has 0 saturated carbocycles. The molecule has 10 aromatic carbocycles. The number of fused-ring (bicyclic) bond motifs is 4. The Morgan fingerprint density at radius 1 is 0.328 bits per heavy atom. The fraction of sp³-hybridized carbons (Fsp3) is 0. The lowest BCUT2D eigenvalue weighted by atomic mass is 9.91. The summed E-state index contributed by atoms with van der Waals surface area (Å²) in [4.78, 5) is 2.40. The maximum absolute atomic E-state index is 14.1. The molecule has 0 fully saturated rings. The zero-order chi connectivity index (χ0) is 40.7. The van der Waals surface area contributed by atoms with Crippen LogP contribution in [0.15, 0.2) is 235 Å². The van der Waals surface area contributed by atoms with Gasteiger partial charge >= 0.3 is 0 Å². The molecule has 61 heavy (non-hydrogen) atoms. The van der Waals surface area contributed by atoms with Crippen molar-refractivity contribution in [2.45, 2.75) is 0 Å². The van der Waals surface area contributed by atoms with Crippen LogP contribution in [-0.2, 0) is 0 Å². The van der Waals surface area contributed by atoms with Crippen molar-refractivity contribution in [1.82, 2.24) is 0 Å². The van der Waals surface area contributed by atoms with E-state index in [2.05, 4.69) is 199 Å². The number of para-hydroxylation sites is 3. The highest BCUT2D eigenvalue weighted by Crippen LogP contribution is 2.47. The number of benzene rings is 10. The van der Waals surface area contributed by atoms with E-state index in [-0.39, 0.29) is 5.82 Å². The van der Waals surface area contributed by atoms with Gasteiger partial charge in [-0.25, -0.2) is 4.39 Å². The van der Waals surface area contributed by atoms with Gasteiger partial charge in [0.15, 0.2) is 0 Å². The second-order valence-electron chi connectivity index (χ2n) is 15.4. The smallest absolute Gasteiger partial charge is 0.136 e. The number of halogens is 1. The van der Waals surface area contributed by atoms with Crippen LogP contribution < -0.4 is 4.90 Å². The van der Waals surface area contributed by atoms with Gasteiger partial charge in [-0.1, -0.05) is 176 Å². The highest BCUT2D eigenvalue weighted by atomic mass is 19.1. The molecule has 0 bridgehead atoms. The third-order valence-electron chi connectivity index (χ3n) is 11.8. The average molecular weight is 784 g/mol. The number of furan rings is 1. The fourth-order valence-corrected chi connectivity index (χ4v) is 8.86. The van der Waals surface area contributed by atoms with Crippen LogP contribution in [0.4, 0.5) is 21.5 Å². The Balaban J connectivity index is 1.11. The van der Waals surface area contributed by atoms with E-state index in [1.165, 1.54) is 23.3 Å². The van der Waals surface area contributed by atoms with E-state index in [1.54, 1.807) is 0 Å². The van der Waals surface area contributed by atoms with Crippen molar-refractivity contribution in [2.75, 3.05) is 4.90 Å². The van der Waals surface area contributed by atoms with Gasteiger partial charge in [-0.15, -0.1) is 0 Å². The fourth-order valence-electron chi connectivity index (χ4n) is 8.86. The Labute approximate surface area is 354 Å². The number of anilines is 3. The summed E-state index contributed by atoms with van der Waals surface area (Å²) in [6, 6.07) is 79.9. The lowest BCUT2D eigenvalue weighted by Gasteiger charge is -2.30. The molecule has 0 aliphatic carbocycles. The first-order chi connectivity index (χ1) is 30.2. The quantitative estimate of drug-likeness (QED) is 0.153. The summed E-state index contributed by atoms with van der Waals surface area (Å²) < 4.78 is 20.5. The van der Waals surface area contributed by atoms with Gasteiger partial charge in [-0.05, 0) is 110 Å². The summed E-state index contributed by atoms with van der Waals surface area (Å²) in [5, 5.41) is 4.45. The molecule has 0 atom stereocenters. The molecule has 1 aromatic heterocycles. The van der Waals surface area contributed by atoms with Gasteiger partial charge in [0.1, 0.15) is 17.0 Å². The molecule has 0 N–H and O–H groups in total. The van der Waals surface area contributed by atoms with Gasteiger partial charge < -0.3 is 9.32 Å². The maximum Gasteiger partial charge on any atom is 0.136 e. The van der Waals surface area contributed by atoms with E-state index in [1.807, 2.05) is 24.3 Å². The van der Waals surface area contributed by atoms with Crippen LogP contribution in [-0.4, -0.2) is 0 Å². The van der Waals surface area contributed by atoms with Crippen LogP contribution >= 0.6 is 0 Å². The van der Waals surface area contributed by atoms with Crippen LogP contribution in [0.1, 0.15) is 0 Å². The zero-order valence-corrected chi connectivity index (χ0v) is 33.2. The van der Waals surface area contributed by atoms with Crippen LogP contribution in [0.5, 0.6) is 0 Å². The van der Waals surface area contributed by atoms with E-state index in [4.69, 9.17) is 4.42 Å². The minimum Gasteiger partial charge on any atom is -0.456 e. The van der Waals surface area contributed by atoms with Gasteiger partial charge in [0.2, 0.25) is 0 Å². The number of nitrogens with zero attached hydrogens (tertiary/aromatic N) is 1. The van der Waals surface area contributed by atoms with Crippen molar-refractivity contribution in [3.8, 4) is 55.6 Å². The van der Waals surface area contributed by atoms with Crippen LogP contribution in [0, 0.1) is 5.82 Å². The molecule has 2 nitrogen and oxygen atoms in total. The molecule has 0 aliphatic rings. The van der Waals surface area contributed by atoms with Gasteiger partial charge in [0.25, 0.3) is 0 Å². The third-order valence-corrected chi connectivity index (χ3v) is 11.8. The van der Waals surface area contributed by atoms with Gasteiger partial charge in [-0.2, -0.15) is 0 Å². The average Bonchev–Trinajstić information content (AvgIpc) is 3.70. The molecule has 11 aromatic rings. The van der Waals surface area contributed by atoms with Crippen LogP contribution in [0.2, 0.25) is 0 Å². The van der Waals surface area contributed by atoms with Crippen LogP contribution in [0.25, 0.3) is 88.3 Å². The Hall–Kier alpha value is -8.01. The molecule has 0 spiro atoms. The lowest BCUT2D eigenvalue weighted by Crippen LogP contribution is -2.12. The monoisotopic (exact) mass is 783 g/mol. The molecule has 288 valence electrons. The van der Waals surface area contributed by atoms with Gasteiger partial charge in [0, 0.05) is 27.6 Å². The molecular formula is C58H38FNO. The number of hydrogen-bond donors (Lipinski definition) is 0. The van der Waals surface area contributed by atoms with E-state index < -0.39 is 0 Å². The molecule has 0 aliphatic heterocycles. The second-order valence-corrected chi connectivity index (χ2v) is 15.4. The molecule has 11 rings (SSSR count). The Bertz CT molecular complexity index is 3360. The predicted molar refractivity (Wildman–Crippen MR) is 253 cm³/mol. The molecule has 0 radical (unpaired) electrons. The Kier molecular flexibility index (Phi) is 9.05. The molecule has 0 amide bonds. The van der Waals surface area contributed by atoms with Crippen molar-refractivity contribution >= 4 is 49.8 Å². The third kappa shape index (κ3) is 6.63. The molecule has 1 heterocycles. The van der Waals surface area contributed by atoms with E-state index in [0.717, 1.165) is 94.3 Å². The minimum absolute atomic E-state index is 0.248. The van der Waals surface area contributed by atoms with E-state index in [9.17, 15) is 4.39 Å². The van der Waals surface area contributed by atoms with E-state index >= 15 is 0 Å². The molecule has 0 unspecified atom stereocenters. The molecular weight excluding hydrogens is 746 g/mol. The van der Waals surface area contributed by atoms with Crippen molar-refractivity contribution in [3.05, 3.63) is 236 Å². The first kappa shape index (κ1) is 36.1. The summed E-state index contributed by atoms with van der Waals surface area (Å²) in [6.45, 7) is 0. The van der Waals surface area contributed by atoms with Crippen molar-refractivity contribution in [3.63, 3.8) is 0 Å². The zero-order valence-electron chi connectivity index (χ0n) is 33.2. The molecule has 0 saturated heterocycles. The van der Waals surface area contributed by atoms with Gasteiger partial charge in [-0.3, -0.25) is 0 Å². The lowest BCUT2D eigenvalue weighted by molar-refractivity contribution is 0.628. The first-order valence-electron chi connectivity index (χ1n) is 20.6. The number of hydrogen-bond acceptors (Lipinski definition) is 2.